The third-order valence-electron chi connectivity index (χ3n) is 7.99. The molecule has 3 atom stereocenters. The molecular weight excluding hydrogens is 404 g/mol. The van der Waals surface area contributed by atoms with Crippen molar-refractivity contribution in [2.45, 2.75) is 98.2 Å². The molecule has 1 saturated carbocycles. The molecule has 1 aliphatic carbocycles. The van der Waals surface area contributed by atoms with Crippen LogP contribution in [0.15, 0.2) is 23.8 Å². The molecule has 1 aromatic rings. The molecule has 2 N–H and O–H groups in total. The number of carbonyl (C=O) groups is 2. The van der Waals surface area contributed by atoms with Crippen LogP contribution in [0.3, 0.4) is 0 Å². The number of ketones is 2. The van der Waals surface area contributed by atoms with Crippen LogP contribution >= 0.6 is 0 Å². The normalized spacial score (nSPS) is 29.2. The number of hydrogen-bond acceptors (Lipinski definition) is 5. The third kappa shape index (κ3) is 4.93. The van der Waals surface area contributed by atoms with Crippen molar-refractivity contribution in [3.8, 4) is 11.5 Å². The fourth-order valence-electron chi connectivity index (χ4n) is 5.34. The first-order valence-electron chi connectivity index (χ1n) is 11.7. The van der Waals surface area contributed by atoms with E-state index in [2.05, 4.69) is 6.92 Å². The van der Waals surface area contributed by atoms with Gasteiger partial charge < -0.3 is 14.9 Å². The van der Waals surface area contributed by atoms with E-state index in [-0.39, 0.29) is 40.2 Å². The molecule has 176 valence electrons. The number of aryl methyl sites for hydroxylation is 1. The van der Waals surface area contributed by atoms with Gasteiger partial charge in [0, 0.05) is 30.2 Å². The van der Waals surface area contributed by atoms with Crippen LogP contribution in [0.5, 0.6) is 11.5 Å². The second kappa shape index (κ2) is 8.66. The molecule has 0 amide bonds. The lowest BCUT2D eigenvalue weighted by Gasteiger charge is -2.40. The van der Waals surface area contributed by atoms with Crippen molar-refractivity contribution in [3.63, 3.8) is 0 Å². The molecule has 0 unspecified atom stereocenters. The van der Waals surface area contributed by atoms with Crippen molar-refractivity contribution in [3.05, 3.63) is 34.9 Å². The number of carbonyl (C=O) groups excluding carboxylic acids is 2. The first kappa shape index (κ1) is 24.5. The lowest BCUT2D eigenvalue weighted by Crippen LogP contribution is -2.41. The zero-order valence-electron chi connectivity index (χ0n) is 20.4. The molecule has 2 fully saturated rings. The number of phenolic OH excluding ortho intramolecular Hbond substituents is 2. The molecule has 0 bridgehead atoms. The maximum absolute atomic E-state index is 13.2. The van der Waals surface area contributed by atoms with E-state index < -0.39 is 5.41 Å². The highest BCUT2D eigenvalue weighted by atomic mass is 16.6. The molecule has 1 aliphatic heterocycles. The summed E-state index contributed by atoms with van der Waals surface area (Å²) < 4.78 is 5.64. The number of aromatic hydroxyl groups is 2. The number of hydrogen-bond donors (Lipinski definition) is 2. The Morgan fingerprint density at radius 2 is 1.81 bits per heavy atom. The fourth-order valence-corrected chi connectivity index (χ4v) is 5.34. The monoisotopic (exact) mass is 442 g/mol. The van der Waals surface area contributed by atoms with E-state index in [4.69, 9.17) is 4.74 Å². The van der Waals surface area contributed by atoms with Gasteiger partial charge in [-0.25, -0.2) is 0 Å². The summed E-state index contributed by atoms with van der Waals surface area (Å²) in [7, 11) is 0. The maximum Gasteiger partial charge on any atom is 0.142 e. The second-order valence-corrected chi connectivity index (χ2v) is 11.0. The molecule has 0 aromatic heterocycles. The standard InChI is InChI=1S/C27H38O5/c1-17(8-9-19-14-20(28)13-18(2)24(19)31)12-21(29)16-26(5)10-7-11-27(26,6)22(30)15-23-25(3,4)32-23/h8,13-14,23,28,31H,7,9-12,15-16H2,1-6H3/b17-8+/t23-,26+,27-/m0/s1. The van der Waals surface area contributed by atoms with Gasteiger partial charge in [-0.3, -0.25) is 9.59 Å². The van der Waals surface area contributed by atoms with Crippen LogP contribution in [0.4, 0.5) is 0 Å². The highest BCUT2D eigenvalue weighted by Crippen LogP contribution is 2.57. The summed E-state index contributed by atoms with van der Waals surface area (Å²) in [6.45, 7) is 11.8. The van der Waals surface area contributed by atoms with Gasteiger partial charge in [0.25, 0.3) is 0 Å². The Morgan fingerprint density at radius 1 is 1.16 bits per heavy atom. The number of benzene rings is 1. The number of rotatable bonds is 9. The van der Waals surface area contributed by atoms with Gasteiger partial charge >= 0.3 is 0 Å². The summed E-state index contributed by atoms with van der Waals surface area (Å²) in [4.78, 5) is 26.2. The third-order valence-corrected chi connectivity index (χ3v) is 7.99. The smallest absolute Gasteiger partial charge is 0.142 e. The van der Waals surface area contributed by atoms with Gasteiger partial charge in [0.1, 0.15) is 23.1 Å². The summed E-state index contributed by atoms with van der Waals surface area (Å²) in [5.74, 6) is 0.661. The molecule has 5 heteroatoms. The predicted molar refractivity (Wildman–Crippen MR) is 125 cm³/mol. The van der Waals surface area contributed by atoms with Crippen LogP contribution in [0, 0.1) is 17.8 Å². The Kier molecular flexibility index (Phi) is 6.63. The fraction of sp³-hybridized carbons (Fsp3) is 0.630. The summed E-state index contributed by atoms with van der Waals surface area (Å²) in [6.07, 6.45) is 6.20. The van der Waals surface area contributed by atoms with Crippen molar-refractivity contribution >= 4 is 11.6 Å². The number of phenols is 2. The summed E-state index contributed by atoms with van der Waals surface area (Å²) in [6, 6.07) is 3.07. The van der Waals surface area contributed by atoms with Crippen molar-refractivity contribution in [2.75, 3.05) is 0 Å². The number of Topliss-reactive ketones (excluding diaryl/α,β-unsaturated/α-hetero) is 2. The molecule has 1 heterocycles. The number of epoxide rings is 1. The van der Waals surface area contributed by atoms with E-state index in [9.17, 15) is 19.8 Å². The molecule has 0 spiro atoms. The van der Waals surface area contributed by atoms with Gasteiger partial charge in [0.15, 0.2) is 0 Å². The summed E-state index contributed by atoms with van der Waals surface area (Å²) in [5.41, 5.74) is 1.16. The molecular formula is C27H38O5. The van der Waals surface area contributed by atoms with E-state index in [1.54, 1.807) is 13.0 Å². The van der Waals surface area contributed by atoms with Gasteiger partial charge in [-0.15, -0.1) is 0 Å². The van der Waals surface area contributed by atoms with Gasteiger partial charge in [-0.05, 0) is 70.1 Å². The van der Waals surface area contributed by atoms with Crippen LogP contribution in [-0.2, 0) is 20.7 Å². The molecule has 1 saturated heterocycles. The molecule has 5 nitrogen and oxygen atoms in total. The quantitative estimate of drug-likeness (QED) is 0.296. The van der Waals surface area contributed by atoms with E-state index in [1.807, 2.05) is 33.8 Å². The highest BCUT2D eigenvalue weighted by Gasteiger charge is 2.56. The first-order chi connectivity index (χ1) is 14.8. The molecule has 3 rings (SSSR count). The van der Waals surface area contributed by atoms with Crippen molar-refractivity contribution in [1.82, 2.24) is 0 Å². The van der Waals surface area contributed by atoms with Crippen molar-refractivity contribution < 1.29 is 24.5 Å². The Labute approximate surface area is 191 Å². The van der Waals surface area contributed by atoms with E-state index in [1.165, 1.54) is 6.07 Å². The van der Waals surface area contributed by atoms with Crippen LogP contribution in [0.2, 0.25) is 0 Å². The average Bonchev–Trinajstić information content (AvgIpc) is 3.15. The average molecular weight is 443 g/mol. The zero-order valence-corrected chi connectivity index (χ0v) is 20.4. The van der Waals surface area contributed by atoms with Gasteiger partial charge in [-0.2, -0.15) is 0 Å². The Morgan fingerprint density at radius 3 is 2.44 bits per heavy atom. The minimum absolute atomic E-state index is 0.00460. The second-order valence-electron chi connectivity index (χ2n) is 11.0. The number of allylic oxidation sites excluding steroid dienone is 2. The SMILES string of the molecule is C/C(=C\Cc1cc(O)cc(C)c1O)CC(=O)C[C@@]1(C)CCC[C@@]1(C)C(=O)C[C@@H]1OC1(C)C. The van der Waals surface area contributed by atoms with Gasteiger partial charge in [0.05, 0.1) is 11.7 Å². The highest BCUT2D eigenvalue weighted by molar-refractivity contribution is 5.88. The lowest BCUT2D eigenvalue weighted by molar-refractivity contribution is -0.135. The van der Waals surface area contributed by atoms with E-state index in [0.717, 1.165) is 24.8 Å². The van der Waals surface area contributed by atoms with E-state index in [0.29, 0.717) is 36.8 Å². The molecule has 1 aromatic carbocycles. The molecule has 2 aliphatic rings. The van der Waals surface area contributed by atoms with E-state index >= 15 is 0 Å². The van der Waals surface area contributed by atoms with Crippen molar-refractivity contribution in [2.24, 2.45) is 10.8 Å². The first-order valence-corrected chi connectivity index (χ1v) is 11.7. The van der Waals surface area contributed by atoms with Crippen LogP contribution in [0.25, 0.3) is 0 Å². The largest absolute Gasteiger partial charge is 0.508 e. The van der Waals surface area contributed by atoms with Crippen molar-refractivity contribution in [1.29, 1.82) is 0 Å². The zero-order chi connectivity index (χ0) is 23.9. The minimum atomic E-state index is -0.493. The van der Waals surface area contributed by atoms with Crippen LogP contribution in [0.1, 0.15) is 84.3 Å². The summed E-state index contributed by atoms with van der Waals surface area (Å²) >= 11 is 0. The topological polar surface area (TPSA) is 87.1 Å². The predicted octanol–water partition coefficient (Wildman–Crippen LogP) is 5.58. The minimum Gasteiger partial charge on any atom is -0.508 e. The Bertz CT molecular complexity index is 944. The lowest BCUT2D eigenvalue weighted by atomic mass is 9.62. The maximum atomic E-state index is 13.2. The molecule has 32 heavy (non-hydrogen) atoms. The van der Waals surface area contributed by atoms with Gasteiger partial charge in [0.2, 0.25) is 0 Å². The molecule has 0 radical (unpaired) electrons. The Balaban J connectivity index is 1.62. The van der Waals surface area contributed by atoms with Crippen LogP contribution in [-0.4, -0.2) is 33.5 Å². The summed E-state index contributed by atoms with van der Waals surface area (Å²) in [5, 5.41) is 20.0. The van der Waals surface area contributed by atoms with Crippen LogP contribution < -0.4 is 0 Å². The number of ether oxygens (including phenoxy) is 1. The Hall–Kier alpha value is -2.14. The van der Waals surface area contributed by atoms with Gasteiger partial charge in [-0.1, -0.05) is 31.9 Å².